The van der Waals surface area contributed by atoms with Gasteiger partial charge in [0.25, 0.3) is 5.91 Å². The second kappa shape index (κ2) is 7.99. The number of nitrogens with zero attached hydrogens (tertiary/aromatic N) is 2. The Labute approximate surface area is 169 Å². The van der Waals surface area contributed by atoms with Gasteiger partial charge in [0.1, 0.15) is 12.1 Å². The summed E-state index contributed by atoms with van der Waals surface area (Å²) in [6, 6.07) is 25.3. The van der Waals surface area contributed by atoms with Gasteiger partial charge < -0.3 is 10.2 Å². The van der Waals surface area contributed by atoms with E-state index < -0.39 is 6.04 Å². The Morgan fingerprint density at radius 2 is 1.69 bits per heavy atom. The molecular weight excluding hydrogens is 362 g/mol. The van der Waals surface area contributed by atoms with E-state index in [0.29, 0.717) is 29.8 Å². The van der Waals surface area contributed by atoms with E-state index in [-0.39, 0.29) is 11.8 Å². The zero-order valence-electron chi connectivity index (χ0n) is 15.7. The molecule has 29 heavy (non-hydrogen) atoms. The molecule has 3 aromatic carbocycles. The predicted octanol–water partition coefficient (Wildman–Crippen LogP) is 3.76. The number of benzene rings is 3. The molecule has 4 rings (SSSR count). The van der Waals surface area contributed by atoms with Gasteiger partial charge in [-0.05, 0) is 29.3 Å². The standard InChI is InChI=1S/C24H19N3O2/c25-15-18-10-5-7-13-21(18)26-23(28)22(14-17-8-2-1-3-9-17)27-16-19-11-4-6-12-20(19)24(27)29/h1-13,22H,14,16H2,(H,26,28). The van der Waals surface area contributed by atoms with E-state index in [9.17, 15) is 14.9 Å². The fourth-order valence-corrected chi connectivity index (χ4v) is 3.62. The summed E-state index contributed by atoms with van der Waals surface area (Å²) in [5, 5.41) is 12.2. The molecule has 0 spiro atoms. The van der Waals surface area contributed by atoms with Gasteiger partial charge in [0.05, 0.1) is 11.3 Å². The van der Waals surface area contributed by atoms with Gasteiger partial charge >= 0.3 is 0 Å². The first-order valence-corrected chi connectivity index (χ1v) is 9.40. The lowest BCUT2D eigenvalue weighted by atomic mass is 10.0. The van der Waals surface area contributed by atoms with Crippen LogP contribution in [0.1, 0.15) is 27.0 Å². The van der Waals surface area contributed by atoms with Gasteiger partial charge in [-0.3, -0.25) is 9.59 Å². The summed E-state index contributed by atoms with van der Waals surface area (Å²) in [7, 11) is 0. The first-order valence-electron chi connectivity index (χ1n) is 9.40. The molecule has 0 bridgehead atoms. The van der Waals surface area contributed by atoms with Crippen LogP contribution in [0.2, 0.25) is 0 Å². The van der Waals surface area contributed by atoms with Crippen molar-refractivity contribution < 1.29 is 9.59 Å². The van der Waals surface area contributed by atoms with Crippen molar-refractivity contribution >= 4 is 17.5 Å². The summed E-state index contributed by atoms with van der Waals surface area (Å²) in [5.74, 6) is -0.456. The highest BCUT2D eigenvalue weighted by Gasteiger charge is 2.36. The molecular formula is C24H19N3O2. The first kappa shape index (κ1) is 18.5. The third kappa shape index (κ3) is 3.74. The van der Waals surface area contributed by atoms with E-state index >= 15 is 0 Å². The normalized spacial score (nSPS) is 13.5. The number of fused-ring (bicyclic) bond motifs is 1. The van der Waals surface area contributed by atoms with Gasteiger partial charge in [0, 0.05) is 18.5 Å². The Morgan fingerprint density at radius 1 is 1.00 bits per heavy atom. The second-order valence-corrected chi connectivity index (χ2v) is 6.94. The van der Waals surface area contributed by atoms with Crippen LogP contribution in [0.5, 0.6) is 0 Å². The molecule has 142 valence electrons. The number of nitriles is 1. The Morgan fingerprint density at radius 3 is 2.45 bits per heavy atom. The number of carbonyl (C=O) groups is 2. The van der Waals surface area contributed by atoms with E-state index in [2.05, 4.69) is 11.4 Å². The molecule has 1 aliphatic rings. The molecule has 5 nitrogen and oxygen atoms in total. The van der Waals surface area contributed by atoms with Crippen molar-refractivity contribution in [2.24, 2.45) is 0 Å². The Balaban J connectivity index is 1.65. The SMILES string of the molecule is N#Cc1ccccc1NC(=O)C(Cc1ccccc1)N1Cc2ccccc2C1=O. The van der Waals surface area contributed by atoms with E-state index in [1.165, 1.54) is 0 Å². The number of rotatable bonds is 5. The molecule has 0 aliphatic carbocycles. The third-order valence-corrected chi connectivity index (χ3v) is 5.11. The zero-order chi connectivity index (χ0) is 20.2. The van der Waals surface area contributed by atoms with Crippen LogP contribution in [0.3, 0.4) is 0 Å². The minimum Gasteiger partial charge on any atom is -0.323 e. The third-order valence-electron chi connectivity index (χ3n) is 5.11. The molecule has 1 heterocycles. The van der Waals surface area contributed by atoms with Crippen LogP contribution < -0.4 is 5.32 Å². The van der Waals surface area contributed by atoms with Gasteiger partial charge in [-0.25, -0.2) is 0 Å². The molecule has 1 unspecified atom stereocenters. The molecule has 1 aliphatic heterocycles. The van der Waals surface area contributed by atoms with Gasteiger partial charge in [-0.2, -0.15) is 5.26 Å². The minimum absolute atomic E-state index is 0.148. The summed E-state index contributed by atoms with van der Waals surface area (Å²) in [6.45, 7) is 0.389. The lowest BCUT2D eigenvalue weighted by molar-refractivity contribution is -0.120. The smallest absolute Gasteiger partial charge is 0.255 e. The fraction of sp³-hybridized carbons (Fsp3) is 0.125. The molecule has 3 aromatic rings. The average molecular weight is 381 g/mol. The summed E-state index contributed by atoms with van der Waals surface area (Å²) >= 11 is 0. The summed E-state index contributed by atoms with van der Waals surface area (Å²) < 4.78 is 0. The van der Waals surface area contributed by atoms with Crippen molar-refractivity contribution in [1.29, 1.82) is 5.26 Å². The Bertz CT molecular complexity index is 1100. The fourth-order valence-electron chi connectivity index (χ4n) is 3.62. The lowest BCUT2D eigenvalue weighted by Gasteiger charge is -2.27. The van der Waals surface area contributed by atoms with Crippen LogP contribution in [-0.4, -0.2) is 22.8 Å². The maximum absolute atomic E-state index is 13.3. The number of hydrogen-bond donors (Lipinski definition) is 1. The van der Waals surface area contributed by atoms with Gasteiger partial charge in [-0.1, -0.05) is 60.7 Å². The molecule has 1 N–H and O–H groups in total. The van der Waals surface area contributed by atoms with Crippen LogP contribution in [0, 0.1) is 11.3 Å². The van der Waals surface area contributed by atoms with Crippen LogP contribution >= 0.6 is 0 Å². The van der Waals surface area contributed by atoms with Gasteiger partial charge in [-0.15, -0.1) is 0 Å². The molecule has 0 fully saturated rings. The summed E-state index contributed by atoms with van der Waals surface area (Å²) in [6.07, 6.45) is 0.390. The highest BCUT2D eigenvalue weighted by molar-refractivity contribution is 6.04. The van der Waals surface area contributed by atoms with Crippen molar-refractivity contribution in [3.63, 3.8) is 0 Å². The van der Waals surface area contributed by atoms with Crippen LogP contribution in [-0.2, 0) is 17.8 Å². The molecule has 0 aromatic heterocycles. The summed E-state index contributed by atoms with van der Waals surface area (Å²) in [5.41, 5.74) is 3.35. The van der Waals surface area contributed by atoms with E-state index in [0.717, 1.165) is 11.1 Å². The van der Waals surface area contributed by atoms with Gasteiger partial charge in [0.2, 0.25) is 5.91 Å². The van der Waals surface area contributed by atoms with Gasteiger partial charge in [0.15, 0.2) is 0 Å². The van der Waals surface area contributed by atoms with E-state index in [4.69, 9.17) is 0 Å². The number of anilines is 1. The maximum atomic E-state index is 13.3. The highest BCUT2D eigenvalue weighted by atomic mass is 16.2. The topological polar surface area (TPSA) is 73.2 Å². The zero-order valence-corrected chi connectivity index (χ0v) is 15.7. The number of amides is 2. The monoisotopic (exact) mass is 381 g/mol. The second-order valence-electron chi connectivity index (χ2n) is 6.94. The largest absolute Gasteiger partial charge is 0.323 e. The predicted molar refractivity (Wildman–Crippen MR) is 110 cm³/mol. The molecule has 0 saturated heterocycles. The minimum atomic E-state index is -0.691. The van der Waals surface area contributed by atoms with Crippen LogP contribution in [0.25, 0.3) is 0 Å². The number of hydrogen-bond acceptors (Lipinski definition) is 3. The average Bonchev–Trinajstić information content (AvgIpc) is 3.09. The maximum Gasteiger partial charge on any atom is 0.255 e. The van der Waals surface area contributed by atoms with Crippen molar-refractivity contribution in [3.05, 3.63) is 101 Å². The summed E-state index contributed by atoms with van der Waals surface area (Å²) in [4.78, 5) is 27.9. The lowest BCUT2D eigenvalue weighted by Crippen LogP contribution is -2.45. The van der Waals surface area contributed by atoms with E-state index in [1.54, 1.807) is 35.2 Å². The highest BCUT2D eigenvalue weighted by Crippen LogP contribution is 2.27. The Kier molecular flexibility index (Phi) is 5.08. The van der Waals surface area contributed by atoms with Crippen molar-refractivity contribution in [3.8, 4) is 6.07 Å². The molecule has 2 amide bonds. The Hall–Kier alpha value is -3.91. The van der Waals surface area contributed by atoms with Crippen molar-refractivity contribution in [2.45, 2.75) is 19.0 Å². The van der Waals surface area contributed by atoms with Crippen molar-refractivity contribution in [2.75, 3.05) is 5.32 Å². The number of carbonyl (C=O) groups excluding carboxylic acids is 2. The first-order chi connectivity index (χ1) is 14.2. The quantitative estimate of drug-likeness (QED) is 0.731. The molecule has 0 radical (unpaired) electrons. The molecule has 1 atom stereocenters. The molecule has 5 heteroatoms. The van der Waals surface area contributed by atoms with E-state index in [1.807, 2.05) is 48.5 Å². The molecule has 0 saturated carbocycles. The number of para-hydroxylation sites is 1. The van der Waals surface area contributed by atoms with Crippen molar-refractivity contribution in [1.82, 2.24) is 4.90 Å². The van der Waals surface area contributed by atoms with Crippen LogP contribution in [0.4, 0.5) is 5.69 Å². The number of nitrogens with one attached hydrogen (secondary N) is 1. The van der Waals surface area contributed by atoms with Crippen LogP contribution in [0.15, 0.2) is 78.9 Å².